The van der Waals surface area contributed by atoms with Crippen LogP contribution in [0.15, 0.2) is 54.6 Å². The molecule has 2 aromatic rings. The summed E-state index contributed by atoms with van der Waals surface area (Å²) in [5.74, 6) is 5.16. The molecule has 116 valence electrons. The van der Waals surface area contributed by atoms with E-state index in [9.17, 15) is 9.59 Å². The van der Waals surface area contributed by atoms with Gasteiger partial charge in [-0.1, -0.05) is 48.2 Å². The molecule has 0 aliphatic rings. The Balaban J connectivity index is 1.75. The van der Waals surface area contributed by atoms with E-state index in [1.54, 1.807) is 12.1 Å². The van der Waals surface area contributed by atoms with Crippen LogP contribution in [0.3, 0.4) is 0 Å². The summed E-state index contributed by atoms with van der Waals surface area (Å²) >= 11 is 0. The zero-order valence-electron chi connectivity index (χ0n) is 12.6. The lowest BCUT2D eigenvalue weighted by atomic mass is 10.1. The van der Waals surface area contributed by atoms with E-state index in [0.717, 1.165) is 11.1 Å². The Kier molecular flexibility index (Phi) is 5.78. The van der Waals surface area contributed by atoms with Gasteiger partial charge in [0.05, 0.1) is 0 Å². The zero-order valence-corrected chi connectivity index (χ0v) is 12.6. The third-order valence-corrected chi connectivity index (χ3v) is 2.95. The van der Waals surface area contributed by atoms with Gasteiger partial charge < -0.3 is 4.74 Å². The van der Waals surface area contributed by atoms with Gasteiger partial charge in [0.2, 0.25) is 0 Å². The van der Waals surface area contributed by atoms with E-state index in [1.165, 1.54) is 0 Å². The first-order valence-electron chi connectivity index (χ1n) is 6.99. The lowest BCUT2D eigenvalue weighted by molar-refractivity contribution is 0.0916. The molecule has 23 heavy (non-hydrogen) atoms. The molecule has 0 radical (unpaired) electrons. The molecule has 2 amide bonds. The van der Waals surface area contributed by atoms with Gasteiger partial charge in [-0.2, -0.15) is 0 Å². The summed E-state index contributed by atoms with van der Waals surface area (Å²) in [5.41, 5.74) is 6.60. The standard InChI is InChI=1S/C18H16N2O3/c1-14-8-5-6-12-16(14)17(21)19-20-18(22)23-13-7-11-15-9-3-2-4-10-15/h2-6,8-10,12H,13H2,1H3,(H,19,21)(H,20,22). The summed E-state index contributed by atoms with van der Waals surface area (Å²) in [7, 11) is 0. The van der Waals surface area contributed by atoms with Gasteiger partial charge in [-0.15, -0.1) is 0 Å². The van der Waals surface area contributed by atoms with E-state index < -0.39 is 12.0 Å². The molecule has 2 rings (SSSR count). The second-order valence-electron chi connectivity index (χ2n) is 4.64. The van der Waals surface area contributed by atoms with Crippen LogP contribution >= 0.6 is 0 Å². The van der Waals surface area contributed by atoms with Crippen LogP contribution in [0.2, 0.25) is 0 Å². The van der Waals surface area contributed by atoms with E-state index in [0.29, 0.717) is 5.56 Å². The van der Waals surface area contributed by atoms with Crippen molar-refractivity contribution in [1.82, 2.24) is 10.9 Å². The highest BCUT2D eigenvalue weighted by Gasteiger charge is 2.09. The van der Waals surface area contributed by atoms with E-state index in [1.807, 2.05) is 49.4 Å². The Morgan fingerprint density at radius 3 is 2.43 bits per heavy atom. The molecule has 0 heterocycles. The van der Waals surface area contributed by atoms with E-state index in [2.05, 4.69) is 22.7 Å². The largest absolute Gasteiger partial charge is 0.435 e. The Morgan fingerprint density at radius 1 is 1.00 bits per heavy atom. The fourth-order valence-electron chi connectivity index (χ4n) is 1.80. The minimum atomic E-state index is -0.769. The number of carbonyl (C=O) groups is 2. The van der Waals surface area contributed by atoms with Crippen LogP contribution in [0.5, 0.6) is 0 Å². The minimum absolute atomic E-state index is 0.0685. The molecule has 5 heteroatoms. The highest BCUT2D eigenvalue weighted by molar-refractivity contribution is 5.96. The molecule has 2 N–H and O–H groups in total. The maximum atomic E-state index is 11.9. The highest BCUT2D eigenvalue weighted by Crippen LogP contribution is 2.05. The number of hydrogen-bond donors (Lipinski definition) is 2. The summed E-state index contributed by atoms with van der Waals surface area (Å²) in [6, 6.07) is 16.4. The third kappa shape index (κ3) is 5.21. The van der Waals surface area contributed by atoms with Gasteiger partial charge in [0.1, 0.15) is 0 Å². The Bertz CT molecular complexity index is 746. The van der Waals surface area contributed by atoms with Crippen LogP contribution in [-0.4, -0.2) is 18.6 Å². The number of amides is 2. The predicted molar refractivity (Wildman–Crippen MR) is 86.4 cm³/mol. The van der Waals surface area contributed by atoms with E-state index >= 15 is 0 Å². The quantitative estimate of drug-likeness (QED) is 0.661. The first kappa shape index (κ1) is 16.1. The zero-order chi connectivity index (χ0) is 16.5. The molecule has 0 aliphatic heterocycles. The fraction of sp³-hybridized carbons (Fsp3) is 0.111. The van der Waals surface area contributed by atoms with Crippen LogP contribution in [0.4, 0.5) is 4.79 Å². The van der Waals surface area contributed by atoms with Gasteiger partial charge in [-0.25, -0.2) is 10.2 Å². The van der Waals surface area contributed by atoms with E-state index in [4.69, 9.17) is 4.74 Å². The summed E-state index contributed by atoms with van der Waals surface area (Å²) in [6.45, 7) is 1.74. The lowest BCUT2D eigenvalue weighted by Crippen LogP contribution is -2.42. The van der Waals surface area contributed by atoms with Crippen molar-refractivity contribution in [2.75, 3.05) is 6.61 Å². The third-order valence-electron chi connectivity index (χ3n) is 2.95. The molecular formula is C18H16N2O3. The van der Waals surface area contributed by atoms with Crippen LogP contribution < -0.4 is 10.9 Å². The summed E-state index contributed by atoms with van der Waals surface area (Å²) < 4.78 is 4.84. The van der Waals surface area contributed by atoms with Crippen LogP contribution in [0.1, 0.15) is 21.5 Å². The smallest absolute Gasteiger partial charge is 0.427 e. The fourth-order valence-corrected chi connectivity index (χ4v) is 1.80. The highest BCUT2D eigenvalue weighted by atomic mass is 16.6. The Morgan fingerprint density at radius 2 is 1.70 bits per heavy atom. The predicted octanol–water partition coefficient (Wildman–Crippen LogP) is 2.42. The van der Waals surface area contributed by atoms with Crippen molar-refractivity contribution in [1.29, 1.82) is 0 Å². The van der Waals surface area contributed by atoms with Gasteiger partial charge >= 0.3 is 6.09 Å². The molecule has 0 fully saturated rings. The number of hydrogen-bond acceptors (Lipinski definition) is 3. The van der Waals surface area contributed by atoms with Crippen molar-refractivity contribution < 1.29 is 14.3 Å². The minimum Gasteiger partial charge on any atom is -0.435 e. The first-order chi connectivity index (χ1) is 11.2. The molecular weight excluding hydrogens is 292 g/mol. The normalized spacial score (nSPS) is 9.26. The van der Waals surface area contributed by atoms with Crippen LogP contribution in [-0.2, 0) is 4.74 Å². The van der Waals surface area contributed by atoms with Crippen LogP contribution in [0.25, 0.3) is 0 Å². The molecule has 2 aromatic carbocycles. The summed E-state index contributed by atoms with van der Waals surface area (Å²) in [5, 5.41) is 0. The molecule has 0 saturated carbocycles. The van der Waals surface area contributed by atoms with Crippen molar-refractivity contribution in [2.24, 2.45) is 0 Å². The Labute approximate surface area is 134 Å². The van der Waals surface area contributed by atoms with E-state index in [-0.39, 0.29) is 6.61 Å². The van der Waals surface area contributed by atoms with Gasteiger partial charge in [0.25, 0.3) is 5.91 Å². The average Bonchev–Trinajstić information content (AvgIpc) is 2.58. The molecule has 0 aromatic heterocycles. The molecule has 0 saturated heterocycles. The van der Waals surface area contributed by atoms with Crippen molar-refractivity contribution in [3.05, 3.63) is 71.3 Å². The number of nitrogens with one attached hydrogen (secondary N) is 2. The second kappa shape index (κ2) is 8.25. The van der Waals surface area contributed by atoms with Crippen molar-refractivity contribution in [2.45, 2.75) is 6.92 Å². The monoisotopic (exact) mass is 308 g/mol. The molecule has 5 nitrogen and oxygen atoms in total. The molecule has 0 bridgehead atoms. The summed E-state index contributed by atoms with van der Waals surface area (Å²) in [6.07, 6.45) is -0.769. The van der Waals surface area contributed by atoms with Gasteiger partial charge in [-0.3, -0.25) is 10.2 Å². The van der Waals surface area contributed by atoms with Crippen LogP contribution in [0, 0.1) is 18.8 Å². The maximum absolute atomic E-state index is 11.9. The van der Waals surface area contributed by atoms with Gasteiger partial charge in [-0.05, 0) is 30.7 Å². The molecule has 0 unspecified atom stereocenters. The van der Waals surface area contributed by atoms with Gasteiger partial charge in [0, 0.05) is 11.1 Å². The summed E-state index contributed by atoms with van der Waals surface area (Å²) in [4.78, 5) is 23.3. The SMILES string of the molecule is Cc1ccccc1C(=O)NNC(=O)OCC#Cc1ccccc1. The molecule has 0 aliphatic carbocycles. The topological polar surface area (TPSA) is 67.4 Å². The lowest BCUT2D eigenvalue weighted by Gasteiger charge is -2.08. The van der Waals surface area contributed by atoms with Gasteiger partial charge in [0.15, 0.2) is 6.61 Å². The number of aryl methyl sites for hydroxylation is 1. The number of ether oxygens (including phenoxy) is 1. The van der Waals surface area contributed by atoms with Crippen molar-refractivity contribution >= 4 is 12.0 Å². The van der Waals surface area contributed by atoms with Crippen molar-refractivity contribution in [3.63, 3.8) is 0 Å². The van der Waals surface area contributed by atoms with Crippen molar-refractivity contribution in [3.8, 4) is 11.8 Å². The number of hydrazine groups is 1. The maximum Gasteiger partial charge on any atom is 0.427 e. The Hall–Kier alpha value is -3.26. The molecule has 0 spiro atoms. The average molecular weight is 308 g/mol. The number of benzene rings is 2. The first-order valence-corrected chi connectivity index (χ1v) is 6.99. The molecule has 0 atom stereocenters. The number of carbonyl (C=O) groups excluding carboxylic acids is 2. The number of rotatable bonds is 2. The second-order valence-corrected chi connectivity index (χ2v) is 4.64.